The van der Waals surface area contributed by atoms with Gasteiger partial charge in [0, 0.05) is 18.9 Å². The van der Waals surface area contributed by atoms with Gasteiger partial charge < -0.3 is 10.3 Å². The molecule has 0 aromatic carbocycles. The zero-order valence-electron chi connectivity index (χ0n) is 7.99. The van der Waals surface area contributed by atoms with E-state index in [-0.39, 0.29) is 0 Å². The minimum atomic E-state index is 0.613. The van der Waals surface area contributed by atoms with Crippen molar-refractivity contribution in [3.05, 3.63) is 12.4 Å². The van der Waals surface area contributed by atoms with Crippen LogP contribution in [0.1, 0.15) is 20.8 Å². The second-order valence-corrected chi connectivity index (χ2v) is 3.66. The summed E-state index contributed by atoms with van der Waals surface area (Å²) in [6.45, 7) is 7.63. The first kappa shape index (κ1) is 9.10. The van der Waals surface area contributed by atoms with Crippen LogP contribution in [0.2, 0.25) is 0 Å². The highest BCUT2D eigenvalue weighted by Gasteiger charge is 2.08. The quantitative estimate of drug-likeness (QED) is 0.745. The van der Waals surface area contributed by atoms with Crippen molar-refractivity contribution in [2.75, 3.05) is 5.73 Å². The highest BCUT2D eigenvalue weighted by atomic mass is 15.1. The highest BCUT2D eigenvalue weighted by molar-refractivity contribution is 5.16. The fourth-order valence-electron chi connectivity index (χ4n) is 1.02. The summed E-state index contributed by atoms with van der Waals surface area (Å²) in [5.74, 6) is 1.94. The van der Waals surface area contributed by atoms with Gasteiger partial charge in [-0.1, -0.05) is 20.8 Å². The fraction of sp³-hybridized carbons (Fsp3) is 0.667. The van der Waals surface area contributed by atoms with Gasteiger partial charge in [0.2, 0.25) is 0 Å². The molecule has 1 rings (SSSR count). The Bertz CT molecular complexity index is 240. The van der Waals surface area contributed by atoms with Crippen molar-refractivity contribution in [1.29, 1.82) is 0 Å². The second kappa shape index (κ2) is 3.61. The summed E-state index contributed by atoms with van der Waals surface area (Å²) < 4.78 is 1.99. The number of anilines is 1. The average molecular weight is 167 g/mol. The van der Waals surface area contributed by atoms with E-state index in [2.05, 4.69) is 25.8 Å². The van der Waals surface area contributed by atoms with Gasteiger partial charge in [-0.2, -0.15) is 0 Å². The normalized spacial score (nSPS) is 13.7. The largest absolute Gasteiger partial charge is 0.369 e. The maximum absolute atomic E-state index is 5.64. The first-order valence-electron chi connectivity index (χ1n) is 4.38. The lowest BCUT2D eigenvalue weighted by Gasteiger charge is -2.16. The van der Waals surface area contributed by atoms with Crippen molar-refractivity contribution >= 4 is 5.95 Å². The van der Waals surface area contributed by atoms with E-state index in [4.69, 9.17) is 5.73 Å². The molecule has 3 heteroatoms. The summed E-state index contributed by atoms with van der Waals surface area (Å²) in [4.78, 5) is 3.97. The van der Waals surface area contributed by atoms with E-state index in [1.165, 1.54) is 0 Å². The van der Waals surface area contributed by atoms with Crippen LogP contribution < -0.4 is 5.73 Å². The molecule has 0 aliphatic heterocycles. The molecule has 0 aliphatic carbocycles. The minimum absolute atomic E-state index is 0.613. The lowest BCUT2D eigenvalue weighted by molar-refractivity contribution is 0.367. The Hall–Kier alpha value is -0.990. The van der Waals surface area contributed by atoms with Crippen LogP contribution in [-0.2, 0) is 6.54 Å². The molecule has 0 saturated heterocycles. The smallest absolute Gasteiger partial charge is 0.200 e. The van der Waals surface area contributed by atoms with Crippen LogP contribution in [0.15, 0.2) is 12.4 Å². The van der Waals surface area contributed by atoms with Gasteiger partial charge in [0.1, 0.15) is 0 Å². The van der Waals surface area contributed by atoms with Crippen molar-refractivity contribution in [2.24, 2.45) is 11.8 Å². The third-order valence-electron chi connectivity index (χ3n) is 2.37. The number of nitrogen functional groups attached to an aromatic ring is 1. The Balaban J connectivity index is 2.58. The summed E-state index contributed by atoms with van der Waals surface area (Å²) in [6.07, 6.45) is 3.66. The van der Waals surface area contributed by atoms with E-state index in [0.717, 1.165) is 6.54 Å². The van der Waals surface area contributed by atoms with E-state index < -0.39 is 0 Å². The van der Waals surface area contributed by atoms with Crippen molar-refractivity contribution in [1.82, 2.24) is 9.55 Å². The number of imidazole rings is 1. The van der Waals surface area contributed by atoms with Crippen LogP contribution in [0.25, 0.3) is 0 Å². The molecule has 1 unspecified atom stereocenters. The SMILES string of the molecule is CC(C)C(C)Cn1ccnc1N. The van der Waals surface area contributed by atoms with E-state index in [1.54, 1.807) is 6.20 Å². The zero-order valence-corrected chi connectivity index (χ0v) is 7.99. The molecule has 68 valence electrons. The van der Waals surface area contributed by atoms with Gasteiger partial charge in [-0.05, 0) is 11.8 Å². The zero-order chi connectivity index (χ0) is 9.14. The number of aromatic nitrogens is 2. The Kier molecular flexibility index (Phi) is 2.74. The Morgan fingerprint density at radius 3 is 2.58 bits per heavy atom. The van der Waals surface area contributed by atoms with E-state index in [1.807, 2.05) is 10.8 Å². The maximum atomic E-state index is 5.64. The molecular weight excluding hydrogens is 150 g/mol. The Labute approximate surface area is 73.6 Å². The maximum Gasteiger partial charge on any atom is 0.200 e. The number of nitrogens with two attached hydrogens (primary N) is 1. The lowest BCUT2D eigenvalue weighted by atomic mass is 9.98. The molecule has 0 saturated carbocycles. The summed E-state index contributed by atoms with van der Waals surface area (Å²) in [5, 5.41) is 0. The molecule has 1 atom stereocenters. The summed E-state index contributed by atoms with van der Waals surface area (Å²) in [7, 11) is 0. The van der Waals surface area contributed by atoms with Crippen LogP contribution in [0, 0.1) is 11.8 Å². The molecule has 0 amide bonds. The van der Waals surface area contributed by atoms with E-state index >= 15 is 0 Å². The molecule has 12 heavy (non-hydrogen) atoms. The van der Waals surface area contributed by atoms with Gasteiger partial charge in [-0.15, -0.1) is 0 Å². The first-order chi connectivity index (χ1) is 5.61. The van der Waals surface area contributed by atoms with Gasteiger partial charge in [-0.3, -0.25) is 0 Å². The molecule has 1 aromatic rings. The predicted molar refractivity (Wildman–Crippen MR) is 50.6 cm³/mol. The number of hydrogen-bond donors (Lipinski definition) is 1. The van der Waals surface area contributed by atoms with Crippen LogP contribution in [0.5, 0.6) is 0 Å². The second-order valence-electron chi connectivity index (χ2n) is 3.66. The van der Waals surface area contributed by atoms with Crippen LogP contribution in [0.4, 0.5) is 5.95 Å². The third kappa shape index (κ3) is 2.00. The van der Waals surface area contributed by atoms with Gasteiger partial charge in [0.25, 0.3) is 0 Å². The minimum Gasteiger partial charge on any atom is -0.369 e. The van der Waals surface area contributed by atoms with Crippen LogP contribution >= 0.6 is 0 Å². The topological polar surface area (TPSA) is 43.8 Å². The fourth-order valence-corrected chi connectivity index (χ4v) is 1.02. The van der Waals surface area contributed by atoms with Gasteiger partial charge in [0.05, 0.1) is 0 Å². The van der Waals surface area contributed by atoms with Crippen LogP contribution in [0.3, 0.4) is 0 Å². The standard InChI is InChI=1S/C9H17N3/c1-7(2)8(3)6-12-5-4-11-9(12)10/h4-5,7-8H,6H2,1-3H3,(H2,10,11). The Morgan fingerprint density at radius 2 is 2.17 bits per heavy atom. The van der Waals surface area contributed by atoms with Gasteiger partial charge in [-0.25, -0.2) is 4.98 Å². The van der Waals surface area contributed by atoms with Gasteiger partial charge in [0.15, 0.2) is 5.95 Å². The third-order valence-corrected chi connectivity index (χ3v) is 2.37. The molecule has 0 aliphatic rings. The van der Waals surface area contributed by atoms with Gasteiger partial charge >= 0.3 is 0 Å². The van der Waals surface area contributed by atoms with Crippen molar-refractivity contribution in [2.45, 2.75) is 27.3 Å². The monoisotopic (exact) mass is 167 g/mol. The molecule has 0 spiro atoms. The Morgan fingerprint density at radius 1 is 1.50 bits per heavy atom. The molecule has 0 radical (unpaired) electrons. The van der Waals surface area contributed by atoms with E-state index in [9.17, 15) is 0 Å². The van der Waals surface area contributed by atoms with Crippen LogP contribution in [-0.4, -0.2) is 9.55 Å². The molecule has 1 heterocycles. The van der Waals surface area contributed by atoms with Crippen molar-refractivity contribution in [3.63, 3.8) is 0 Å². The van der Waals surface area contributed by atoms with E-state index in [0.29, 0.717) is 17.8 Å². The van der Waals surface area contributed by atoms with Crippen molar-refractivity contribution < 1.29 is 0 Å². The number of nitrogens with zero attached hydrogens (tertiary/aromatic N) is 2. The summed E-state index contributed by atoms with van der Waals surface area (Å²) >= 11 is 0. The predicted octanol–water partition coefficient (Wildman–Crippen LogP) is 1.76. The molecule has 0 fully saturated rings. The molecule has 1 aromatic heterocycles. The molecule has 0 bridgehead atoms. The number of rotatable bonds is 3. The first-order valence-corrected chi connectivity index (χ1v) is 4.38. The summed E-state index contributed by atoms with van der Waals surface area (Å²) in [6, 6.07) is 0. The molecular formula is C9H17N3. The highest BCUT2D eigenvalue weighted by Crippen LogP contribution is 2.13. The molecule has 2 N–H and O–H groups in total. The average Bonchev–Trinajstić information content (AvgIpc) is 2.36. The lowest BCUT2D eigenvalue weighted by Crippen LogP contribution is -2.14. The molecule has 3 nitrogen and oxygen atoms in total. The summed E-state index contributed by atoms with van der Waals surface area (Å²) in [5.41, 5.74) is 5.64. The number of hydrogen-bond acceptors (Lipinski definition) is 2. The van der Waals surface area contributed by atoms with Crippen molar-refractivity contribution in [3.8, 4) is 0 Å².